The van der Waals surface area contributed by atoms with Crippen LogP contribution in [0.3, 0.4) is 0 Å². The van der Waals surface area contributed by atoms with Crippen LogP contribution in [0.1, 0.15) is 36.2 Å². The molecule has 0 aliphatic rings. The first-order valence-electron chi connectivity index (χ1n) is 8.09. The summed E-state index contributed by atoms with van der Waals surface area (Å²) in [6.07, 6.45) is 5.81. The molecular weight excluding hydrogens is 320 g/mol. The van der Waals surface area contributed by atoms with Crippen molar-refractivity contribution in [3.63, 3.8) is 0 Å². The fourth-order valence-electron chi connectivity index (χ4n) is 2.37. The van der Waals surface area contributed by atoms with E-state index in [1.54, 1.807) is 31.4 Å². The van der Waals surface area contributed by atoms with Crippen molar-refractivity contribution in [1.82, 2.24) is 5.32 Å². The van der Waals surface area contributed by atoms with Crippen molar-refractivity contribution in [2.75, 3.05) is 13.7 Å². The second-order valence-corrected chi connectivity index (χ2v) is 5.90. The molecule has 4 nitrogen and oxygen atoms in total. The van der Waals surface area contributed by atoms with E-state index in [1.807, 2.05) is 35.2 Å². The van der Waals surface area contributed by atoms with Gasteiger partial charge in [-0.2, -0.15) is 4.57 Å². The summed E-state index contributed by atoms with van der Waals surface area (Å²) in [5.74, 6) is 0.682. The molecular formula is C19H23N2O2S+. The zero-order valence-electron chi connectivity index (χ0n) is 14.1. The number of nitrogens with one attached hydrogen (secondary N) is 1. The second-order valence-electron chi connectivity index (χ2n) is 5.46. The van der Waals surface area contributed by atoms with Gasteiger partial charge in [-0.15, -0.1) is 0 Å². The monoisotopic (exact) mass is 343 g/mol. The van der Waals surface area contributed by atoms with Crippen LogP contribution in [-0.4, -0.2) is 24.4 Å². The number of methoxy groups -OCH3 is 1. The molecule has 1 unspecified atom stereocenters. The molecule has 0 aliphatic heterocycles. The van der Waals surface area contributed by atoms with Gasteiger partial charge in [-0.05, 0) is 30.7 Å². The first-order valence-corrected chi connectivity index (χ1v) is 8.50. The van der Waals surface area contributed by atoms with Gasteiger partial charge in [-0.25, -0.2) is 0 Å². The Morgan fingerprint density at radius 1 is 1.21 bits per heavy atom. The summed E-state index contributed by atoms with van der Waals surface area (Å²) in [5, 5.41) is 3.22. The van der Waals surface area contributed by atoms with E-state index >= 15 is 0 Å². The number of unbranched alkanes of at least 4 members (excludes halogenated alkanes) is 1. The van der Waals surface area contributed by atoms with Gasteiger partial charge in [0.2, 0.25) is 5.78 Å². The highest BCUT2D eigenvalue weighted by atomic mass is 32.1. The molecule has 0 amide bonds. The summed E-state index contributed by atoms with van der Waals surface area (Å²) in [4.78, 5) is 13.6. The molecule has 2 aromatic rings. The number of ether oxygens (including phenoxy) is 1. The molecule has 0 saturated heterocycles. The number of thiocarbonyl (C=S) groups is 1. The van der Waals surface area contributed by atoms with Gasteiger partial charge < -0.3 is 10.1 Å². The van der Waals surface area contributed by atoms with Crippen LogP contribution in [0.2, 0.25) is 0 Å². The standard InChI is InChI=1S/C19H22N2O2S/c1-3-4-12-20-19(24)17(21-13-6-5-7-14-21)18(22)15-8-10-16(23-2)11-9-15/h5-11,13-14,17H,3-4,12H2,1-2H3/p+1. The Kier molecular flexibility index (Phi) is 6.88. The Bertz CT molecular complexity index is 672. The van der Waals surface area contributed by atoms with Crippen molar-refractivity contribution >= 4 is 23.0 Å². The van der Waals surface area contributed by atoms with Crippen LogP contribution in [0.5, 0.6) is 5.75 Å². The maximum absolute atomic E-state index is 13.0. The summed E-state index contributed by atoms with van der Waals surface area (Å²) in [6, 6.07) is 12.3. The quantitative estimate of drug-likeness (QED) is 0.346. The smallest absolute Gasteiger partial charge is 0.270 e. The van der Waals surface area contributed by atoms with Crippen LogP contribution in [0, 0.1) is 0 Å². The lowest BCUT2D eigenvalue weighted by molar-refractivity contribution is -0.692. The number of Topliss-reactive ketones (excluding diaryl/α,β-unsaturated/α-hetero) is 1. The maximum atomic E-state index is 13.0. The van der Waals surface area contributed by atoms with Crippen LogP contribution >= 0.6 is 12.2 Å². The van der Waals surface area contributed by atoms with E-state index in [9.17, 15) is 4.79 Å². The highest BCUT2D eigenvalue weighted by Gasteiger charge is 2.32. The second kappa shape index (κ2) is 9.13. The van der Waals surface area contributed by atoms with Gasteiger partial charge in [0.05, 0.1) is 7.11 Å². The van der Waals surface area contributed by atoms with Crippen molar-refractivity contribution in [2.45, 2.75) is 25.8 Å². The van der Waals surface area contributed by atoms with Gasteiger partial charge in [0.1, 0.15) is 5.75 Å². The predicted molar refractivity (Wildman–Crippen MR) is 98.5 cm³/mol. The average molecular weight is 343 g/mol. The molecule has 0 saturated carbocycles. The number of aromatic nitrogens is 1. The molecule has 1 aromatic heterocycles. The third-order valence-corrected chi connectivity index (χ3v) is 4.11. The Morgan fingerprint density at radius 3 is 2.46 bits per heavy atom. The van der Waals surface area contributed by atoms with Crippen molar-refractivity contribution in [2.24, 2.45) is 0 Å². The minimum absolute atomic E-state index is 0.0390. The molecule has 0 fully saturated rings. The minimum Gasteiger partial charge on any atom is -0.497 e. The molecule has 0 aliphatic carbocycles. The van der Waals surface area contributed by atoms with E-state index in [0.717, 1.165) is 25.1 Å². The number of ketones is 1. The molecule has 1 aromatic carbocycles. The van der Waals surface area contributed by atoms with Gasteiger partial charge in [-0.3, -0.25) is 4.79 Å². The van der Waals surface area contributed by atoms with Gasteiger partial charge in [0, 0.05) is 24.2 Å². The third kappa shape index (κ3) is 4.61. The molecule has 0 radical (unpaired) electrons. The van der Waals surface area contributed by atoms with Crippen LogP contribution in [0.25, 0.3) is 0 Å². The van der Waals surface area contributed by atoms with Gasteiger partial charge >= 0.3 is 0 Å². The SMILES string of the molecule is CCCCNC(=S)C(C(=O)c1ccc(OC)cc1)[n+]1ccccc1. The molecule has 126 valence electrons. The van der Waals surface area contributed by atoms with E-state index < -0.39 is 6.04 Å². The summed E-state index contributed by atoms with van der Waals surface area (Å²) >= 11 is 5.52. The number of carbonyl (C=O) groups excluding carboxylic acids is 1. The van der Waals surface area contributed by atoms with E-state index in [-0.39, 0.29) is 5.78 Å². The predicted octanol–water partition coefficient (Wildman–Crippen LogP) is 3.12. The molecule has 2 rings (SSSR count). The van der Waals surface area contributed by atoms with Gasteiger partial charge in [-0.1, -0.05) is 31.6 Å². The molecule has 5 heteroatoms. The lowest BCUT2D eigenvalue weighted by Crippen LogP contribution is -2.51. The van der Waals surface area contributed by atoms with Crippen LogP contribution in [0.15, 0.2) is 54.9 Å². The first-order chi connectivity index (χ1) is 11.7. The van der Waals surface area contributed by atoms with Crippen LogP contribution in [-0.2, 0) is 0 Å². The highest BCUT2D eigenvalue weighted by Crippen LogP contribution is 2.16. The average Bonchev–Trinajstić information content (AvgIpc) is 2.63. The van der Waals surface area contributed by atoms with Crippen LogP contribution < -0.4 is 14.6 Å². The van der Waals surface area contributed by atoms with Gasteiger partial charge in [0.25, 0.3) is 6.04 Å². The number of pyridine rings is 1. The topological polar surface area (TPSA) is 42.2 Å². The zero-order valence-corrected chi connectivity index (χ0v) is 14.9. The first kappa shape index (κ1) is 18.1. The highest BCUT2D eigenvalue weighted by molar-refractivity contribution is 7.80. The lowest BCUT2D eigenvalue weighted by Gasteiger charge is -2.14. The largest absolute Gasteiger partial charge is 0.497 e. The molecule has 0 bridgehead atoms. The van der Waals surface area contributed by atoms with Crippen molar-refractivity contribution < 1.29 is 14.1 Å². The Balaban J connectivity index is 2.27. The summed E-state index contributed by atoms with van der Waals surface area (Å²) in [6.45, 7) is 2.89. The molecule has 1 N–H and O–H groups in total. The number of carbonyl (C=O) groups is 1. The summed E-state index contributed by atoms with van der Waals surface area (Å²) < 4.78 is 6.99. The minimum atomic E-state index is -0.550. The van der Waals surface area contributed by atoms with Crippen LogP contribution in [0.4, 0.5) is 0 Å². The zero-order chi connectivity index (χ0) is 17.4. The van der Waals surface area contributed by atoms with E-state index in [2.05, 4.69) is 12.2 Å². The Labute approximate surface area is 148 Å². The summed E-state index contributed by atoms with van der Waals surface area (Å²) in [5.41, 5.74) is 0.608. The molecule has 1 heterocycles. The fraction of sp³-hybridized carbons (Fsp3) is 0.316. The summed E-state index contributed by atoms with van der Waals surface area (Å²) in [7, 11) is 1.60. The van der Waals surface area contributed by atoms with Crippen molar-refractivity contribution in [3.05, 3.63) is 60.4 Å². The number of benzene rings is 1. The molecule has 0 spiro atoms. The molecule has 1 atom stereocenters. The maximum Gasteiger partial charge on any atom is 0.270 e. The van der Waals surface area contributed by atoms with Gasteiger partial charge in [0.15, 0.2) is 17.4 Å². The lowest BCUT2D eigenvalue weighted by atomic mass is 10.0. The van der Waals surface area contributed by atoms with Crippen molar-refractivity contribution in [3.8, 4) is 5.75 Å². The van der Waals surface area contributed by atoms with E-state index in [4.69, 9.17) is 17.0 Å². The number of rotatable bonds is 8. The number of nitrogens with zero attached hydrogens (tertiary/aromatic N) is 1. The Morgan fingerprint density at radius 2 is 1.88 bits per heavy atom. The normalized spacial score (nSPS) is 11.6. The van der Waals surface area contributed by atoms with Crippen molar-refractivity contribution in [1.29, 1.82) is 0 Å². The number of hydrogen-bond acceptors (Lipinski definition) is 3. The fourth-order valence-corrected chi connectivity index (χ4v) is 2.70. The number of hydrogen-bond donors (Lipinski definition) is 1. The third-order valence-electron chi connectivity index (χ3n) is 3.74. The molecule has 24 heavy (non-hydrogen) atoms. The van der Waals surface area contributed by atoms with E-state index in [0.29, 0.717) is 10.6 Å². The van der Waals surface area contributed by atoms with E-state index in [1.165, 1.54) is 0 Å². The Hall–Kier alpha value is -2.27.